The molecule has 31 heavy (non-hydrogen) atoms. The van der Waals surface area contributed by atoms with Crippen LogP contribution in [0.1, 0.15) is 30.4 Å². The average Bonchev–Trinajstić information content (AvgIpc) is 2.69. The summed E-state index contributed by atoms with van der Waals surface area (Å²) in [5, 5.41) is 27.5. The second-order valence-electron chi connectivity index (χ2n) is 6.09. The fourth-order valence-corrected chi connectivity index (χ4v) is 4.75. The molecule has 8 nitrogen and oxygen atoms in total. The lowest BCUT2D eigenvalue weighted by Crippen LogP contribution is -2.20. The molecule has 2 amide bonds. The second kappa shape index (κ2) is 12.3. The molecule has 0 heterocycles. The number of aromatic hydroxyl groups is 2. The highest BCUT2D eigenvalue weighted by molar-refractivity contribution is 9.11. The van der Waals surface area contributed by atoms with Crippen LogP contribution in [-0.2, 0) is 9.59 Å². The maximum absolute atomic E-state index is 11.8. The highest BCUT2D eigenvalue weighted by Crippen LogP contribution is 2.31. The summed E-state index contributed by atoms with van der Waals surface area (Å²) >= 11 is 13.0. The maximum atomic E-state index is 11.8. The van der Waals surface area contributed by atoms with Crippen LogP contribution in [0.3, 0.4) is 0 Å². The van der Waals surface area contributed by atoms with Gasteiger partial charge >= 0.3 is 0 Å². The van der Waals surface area contributed by atoms with Crippen LogP contribution in [0.15, 0.2) is 52.4 Å². The van der Waals surface area contributed by atoms with Crippen LogP contribution in [0.4, 0.5) is 0 Å². The van der Waals surface area contributed by atoms with Crippen LogP contribution in [0.2, 0.25) is 0 Å². The normalized spacial score (nSPS) is 11.2. The van der Waals surface area contributed by atoms with Crippen molar-refractivity contribution in [1.29, 1.82) is 0 Å². The number of nitrogens with zero attached hydrogens (tertiary/aromatic N) is 2. The molecule has 0 aliphatic heterocycles. The maximum Gasteiger partial charge on any atom is 0.240 e. The number of rotatable bonds is 8. The number of carbonyl (C=O) groups excluding carboxylic acids is 2. The number of hydrogen-bond acceptors (Lipinski definition) is 6. The molecule has 2 aromatic carbocycles. The highest BCUT2D eigenvalue weighted by Gasteiger charge is 2.08. The summed E-state index contributed by atoms with van der Waals surface area (Å²) in [5.74, 6) is -0.737. The molecule has 12 heteroatoms. The molecule has 4 N–H and O–H groups in total. The van der Waals surface area contributed by atoms with Gasteiger partial charge in [-0.1, -0.05) is 31.9 Å². The quantitative estimate of drug-likeness (QED) is 0.233. The molecule has 0 aliphatic rings. The standard InChI is InChI=1S/C19H16Br4N4O4/c20-12-4-10(18(30)14(22)6-12)8-24-26-16(28)2-1-3-17(29)27-25-9-11-5-13(21)7-15(23)19(11)31/h4-9,30-31H,1-3H2,(H,26,28)(H,27,29). The van der Waals surface area contributed by atoms with Crippen molar-refractivity contribution in [1.82, 2.24) is 10.9 Å². The molecular weight excluding hydrogens is 668 g/mol. The third-order valence-corrected chi connectivity index (χ3v) is 5.83. The minimum absolute atomic E-state index is 0.00182. The molecule has 2 aromatic rings. The number of hydrogen-bond donors (Lipinski definition) is 4. The Labute approximate surface area is 211 Å². The van der Waals surface area contributed by atoms with E-state index in [1.165, 1.54) is 12.4 Å². The van der Waals surface area contributed by atoms with Crippen molar-refractivity contribution < 1.29 is 19.8 Å². The van der Waals surface area contributed by atoms with Gasteiger partial charge < -0.3 is 10.2 Å². The Kier molecular flexibility index (Phi) is 10.1. The van der Waals surface area contributed by atoms with Crippen LogP contribution in [-0.4, -0.2) is 34.5 Å². The van der Waals surface area contributed by atoms with Gasteiger partial charge in [0.15, 0.2) is 0 Å². The predicted molar refractivity (Wildman–Crippen MR) is 132 cm³/mol. The molecule has 0 aromatic heterocycles. The number of phenolic OH excluding ortho intramolecular Hbond substituents is 2. The number of phenols is 2. The van der Waals surface area contributed by atoms with Crippen molar-refractivity contribution >= 4 is 88.0 Å². The number of amides is 2. The first-order chi connectivity index (χ1) is 14.7. The van der Waals surface area contributed by atoms with Crippen LogP contribution < -0.4 is 10.9 Å². The summed E-state index contributed by atoms with van der Waals surface area (Å²) in [6.07, 6.45) is 3.11. The van der Waals surface area contributed by atoms with Gasteiger partial charge in [-0.05, 0) is 62.5 Å². The second-order valence-corrected chi connectivity index (χ2v) is 9.63. The Hall–Kier alpha value is -1.76. The van der Waals surface area contributed by atoms with E-state index in [4.69, 9.17) is 0 Å². The van der Waals surface area contributed by atoms with Crippen LogP contribution >= 0.6 is 63.7 Å². The van der Waals surface area contributed by atoms with E-state index in [2.05, 4.69) is 84.8 Å². The monoisotopic (exact) mass is 680 g/mol. The number of halogens is 4. The zero-order chi connectivity index (χ0) is 23.0. The SMILES string of the molecule is O=C(CCCC(=O)NN=Cc1cc(Br)cc(Br)c1O)NN=Cc1cc(Br)cc(Br)c1O. The predicted octanol–water partition coefficient (Wildman–Crippen LogP) is 4.92. The minimum atomic E-state index is -0.370. The molecule has 2 rings (SSSR count). The fraction of sp³-hybridized carbons (Fsp3) is 0.158. The highest BCUT2D eigenvalue weighted by atomic mass is 79.9. The van der Waals surface area contributed by atoms with Crippen molar-refractivity contribution in [3.63, 3.8) is 0 Å². The van der Waals surface area contributed by atoms with E-state index in [1.807, 2.05) is 0 Å². The smallest absolute Gasteiger partial charge is 0.240 e. The van der Waals surface area contributed by atoms with Gasteiger partial charge in [0, 0.05) is 32.9 Å². The minimum Gasteiger partial charge on any atom is -0.506 e. The van der Waals surface area contributed by atoms with Crippen LogP contribution in [0.25, 0.3) is 0 Å². The Balaban J connectivity index is 1.74. The van der Waals surface area contributed by atoms with Gasteiger partial charge in [-0.3, -0.25) is 9.59 Å². The summed E-state index contributed by atoms with van der Waals surface area (Å²) in [4.78, 5) is 23.7. The first-order valence-corrected chi connectivity index (χ1v) is 11.8. The topological polar surface area (TPSA) is 123 Å². The van der Waals surface area contributed by atoms with Gasteiger partial charge in [-0.25, -0.2) is 10.9 Å². The summed E-state index contributed by atoms with van der Waals surface area (Å²) in [6, 6.07) is 6.65. The summed E-state index contributed by atoms with van der Waals surface area (Å²) in [5.41, 5.74) is 5.52. The van der Waals surface area contributed by atoms with E-state index in [1.54, 1.807) is 24.3 Å². The molecule has 0 saturated heterocycles. The molecule has 0 spiro atoms. The van der Waals surface area contributed by atoms with Gasteiger partial charge in [0.1, 0.15) is 11.5 Å². The fourth-order valence-electron chi connectivity index (χ4n) is 2.24. The van der Waals surface area contributed by atoms with Gasteiger partial charge in [-0.2, -0.15) is 10.2 Å². The van der Waals surface area contributed by atoms with Gasteiger partial charge in [0.2, 0.25) is 11.8 Å². The van der Waals surface area contributed by atoms with Crippen molar-refractivity contribution in [2.24, 2.45) is 10.2 Å². The molecular formula is C19H16Br4N4O4. The number of nitrogens with one attached hydrogen (secondary N) is 2. The molecule has 0 aliphatic carbocycles. The lowest BCUT2D eigenvalue weighted by Gasteiger charge is -2.04. The third-order valence-electron chi connectivity index (χ3n) is 3.71. The lowest BCUT2D eigenvalue weighted by atomic mass is 10.2. The van der Waals surface area contributed by atoms with E-state index in [0.717, 1.165) is 8.95 Å². The zero-order valence-electron chi connectivity index (χ0n) is 15.7. The van der Waals surface area contributed by atoms with E-state index in [0.29, 0.717) is 26.5 Å². The number of benzene rings is 2. The summed E-state index contributed by atoms with van der Waals surface area (Å²) < 4.78 is 2.46. The van der Waals surface area contributed by atoms with Gasteiger partial charge in [0.05, 0.1) is 21.4 Å². The summed E-state index contributed by atoms with van der Waals surface area (Å²) in [6.45, 7) is 0. The van der Waals surface area contributed by atoms with E-state index in [9.17, 15) is 19.8 Å². The lowest BCUT2D eigenvalue weighted by molar-refractivity contribution is -0.122. The summed E-state index contributed by atoms with van der Waals surface area (Å²) in [7, 11) is 0. The van der Waals surface area contributed by atoms with Gasteiger partial charge in [-0.15, -0.1) is 0 Å². The van der Waals surface area contributed by atoms with E-state index in [-0.39, 0.29) is 36.2 Å². The third kappa shape index (κ3) is 8.36. The van der Waals surface area contributed by atoms with Crippen molar-refractivity contribution in [3.8, 4) is 11.5 Å². The van der Waals surface area contributed by atoms with Crippen LogP contribution in [0.5, 0.6) is 11.5 Å². The Morgan fingerprint density at radius 3 is 1.55 bits per heavy atom. The van der Waals surface area contributed by atoms with Crippen molar-refractivity contribution in [3.05, 3.63) is 53.3 Å². The molecule has 0 radical (unpaired) electrons. The van der Waals surface area contributed by atoms with Crippen LogP contribution in [0, 0.1) is 0 Å². The zero-order valence-corrected chi connectivity index (χ0v) is 22.0. The first kappa shape index (κ1) is 25.5. The van der Waals surface area contributed by atoms with E-state index < -0.39 is 0 Å². The Morgan fingerprint density at radius 1 is 0.774 bits per heavy atom. The number of hydrazone groups is 2. The molecule has 0 saturated carbocycles. The molecule has 0 atom stereocenters. The molecule has 0 fully saturated rings. The molecule has 0 unspecified atom stereocenters. The van der Waals surface area contributed by atoms with Crippen molar-refractivity contribution in [2.75, 3.05) is 0 Å². The van der Waals surface area contributed by atoms with Gasteiger partial charge in [0.25, 0.3) is 0 Å². The average molecular weight is 684 g/mol. The van der Waals surface area contributed by atoms with E-state index >= 15 is 0 Å². The largest absolute Gasteiger partial charge is 0.506 e. The number of carbonyl (C=O) groups is 2. The first-order valence-electron chi connectivity index (χ1n) is 8.67. The molecule has 164 valence electrons. The Morgan fingerprint density at radius 2 is 1.16 bits per heavy atom. The molecule has 0 bridgehead atoms. The Bertz CT molecular complexity index is 963. The van der Waals surface area contributed by atoms with Crippen molar-refractivity contribution in [2.45, 2.75) is 19.3 Å².